The lowest BCUT2D eigenvalue weighted by Gasteiger charge is -2.07. The van der Waals surface area contributed by atoms with Gasteiger partial charge in [-0.1, -0.05) is 18.2 Å². The van der Waals surface area contributed by atoms with Gasteiger partial charge in [0.05, 0.1) is 18.7 Å². The lowest BCUT2D eigenvalue weighted by molar-refractivity contribution is -0.120. The molecule has 146 valence electrons. The predicted octanol–water partition coefficient (Wildman–Crippen LogP) is 4.57. The van der Waals surface area contributed by atoms with Gasteiger partial charge in [-0.05, 0) is 60.5 Å². The fourth-order valence-electron chi connectivity index (χ4n) is 2.68. The summed E-state index contributed by atoms with van der Waals surface area (Å²) in [5, 5.41) is 2.79. The maximum absolute atomic E-state index is 13.1. The van der Waals surface area contributed by atoms with E-state index in [1.54, 1.807) is 18.3 Å². The monoisotopic (exact) mass is 400 g/mol. The summed E-state index contributed by atoms with van der Waals surface area (Å²) in [7, 11) is 0. The zero-order valence-electron chi connectivity index (χ0n) is 15.5. The van der Waals surface area contributed by atoms with Crippen LogP contribution in [0.3, 0.4) is 0 Å². The Hall–Kier alpha value is -2.92. The Kier molecular flexibility index (Phi) is 7.96. The van der Waals surface area contributed by atoms with Gasteiger partial charge in [0.25, 0.3) is 0 Å². The van der Waals surface area contributed by atoms with Gasteiger partial charge in [-0.25, -0.2) is 4.39 Å². The molecule has 0 atom stereocenters. The van der Waals surface area contributed by atoms with Crippen molar-refractivity contribution in [2.75, 3.05) is 6.61 Å². The number of halogens is 2. The number of carbonyl (C=O) groups is 1. The van der Waals surface area contributed by atoms with Gasteiger partial charge in [0.1, 0.15) is 11.6 Å². The summed E-state index contributed by atoms with van der Waals surface area (Å²) in [6.45, 7) is 2.88. The number of pyridine rings is 1. The Morgan fingerprint density at radius 3 is 2.50 bits per heavy atom. The van der Waals surface area contributed by atoms with E-state index in [0.29, 0.717) is 13.2 Å². The molecule has 1 N–H and O–H groups in total. The number of rotatable bonds is 7. The van der Waals surface area contributed by atoms with Gasteiger partial charge in [0, 0.05) is 18.3 Å². The van der Waals surface area contributed by atoms with E-state index >= 15 is 0 Å². The third kappa shape index (κ3) is 6.06. The highest BCUT2D eigenvalue weighted by atomic mass is 35.5. The standard InChI is InChI=1S/C22H21FN2O2.ClH/c1-2-27-20-9-7-18(8-10-20)21-11-6-17(14-24-21)13-22(26)25-15-16-4-3-5-19(23)12-16;/h3-12,14H,2,13,15H2,1H3,(H,25,26);1H. The van der Waals surface area contributed by atoms with Gasteiger partial charge in [0.15, 0.2) is 0 Å². The Balaban J connectivity index is 0.00000280. The van der Waals surface area contributed by atoms with Crippen LogP contribution in [0.5, 0.6) is 5.75 Å². The molecule has 0 fully saturated rings. The number of hydrogen-bond acceptors (Lipinski definition) is 3. The summed E-state index contributed by atoms with van der Waals surface area (Å²) < 4.78 is 18.6. The van der Waals surface area contributed by atoms with Crippen molar-refractivity contribution >= 4 is 18.3 Å². The number of aromatic nitrogens is 1. The predicted molar refractivity (Wildman–Crippen MR) is 110 cm³/mol. The van der Waals surface area contributed by atoms with Gasteiger partial charge in [0.2, 0.25) is 5.91 Å². The zero-order chi connectivity index (χ0) is 19.1. The number of carbonyl (C=O) groups excluding carboxylic acids is 1. The largest absolute Gasteiger partial charge is 0.494 e. The molecule has 0 aliphatic heterocycles. The average Bonchev–Trinajstić information content (AvgIpc) is 2.68. The van der Waals surface area contributed by atoms with Gasteiger partial charge < -0.3 is 10.1 Å². The molecule has 0 saturated heterocycles. The van der Waals surface area contributed by atoms with E-state index in [9.17, 15) is 9.18 Å². The first kappa shape index (κ1) is 21.4. The fourth-order valence-corrected chi connectivity index (χ4v) is 2.68. The van der Waals surface area contributed by atoms with Crippen LogP contribution in [0.2, 0.25) is 0 Å². The molecule has 0 aliphatic rings. The Morgan fingerprint density at radius 1 is 1.07 bits per heavy atom. The molecule has 28 heavy (non-hydrogen) atoms. The quantitative estimate of drug-likeness (QED) is 0.632. The molecule has 0 aliphatic carbocycles. The Bertz CT molecular complexity index is 899. The number of nitrogens with one attached hydrogen (secondary N) is 1. The first-order chi connectivity index (χ1) is 13.1. The molecule has 6 heteroatoms. The third-order valence-electron chi connectivity index (χ3n) is 4.03. The average molecular weight is 401 g/mol. The van der Waals surface area contributed by atoms with E-state index in [2.05, 4.69) is 10.3 Å². The van der Waals surface area contributed by atoms with E-state index in [4.69, 9.17) is 4.74 Å². The Labute approximate surface area is 170 Å². The van der Waals surface area contributed by atoms with Crippen molar-refractivity contribution in [1.82, 2.24) is 10.3 Å². The highest BCUT2D eigenvalue weighted by Crippen LogP contribution is 2.21. The topological polar surface area (TPSA) is 51.2 Å². The molecule has 1 aromatic heterocycles. The maximum atomic E-state index is 13.1. The molecular weight excluding hydrogens is 379 g/mol. The second kappa shape index (κ2) is 10.4. The van der Waals surface area contributed by atoms with Crippen LogP contribution >= 0.6 is 12.4 Å². The fraction of sp³-hybridized carbons (Fsp3) is 0.182. The first-order valence-electron chi connectivity index (χ1n) is 8.83. The molecule has 1 amide bonds. The van der Waals surface area contributed by atoms with Crippen molar-refractivity contribution in [2.24, 2.45) is 0 Å². The highest BCUT2D eigenvalue weighted by molar-refractivity contribution is 5.85. The van der Waals surface area contributed by atoms with Gasteiger partial charge in [-0.3, -0.25) is 9.78 Å². The Morgan fingerprint density at radius 2 is 1.86 bits per heavy atom. The number of hydrogen-bond donors (Lipinski definition) is 1. The molecular formula is C22H22ClFN2O2. The number of ether oxygens (including phenoxy) is 1. The van der Waals surface area contributed by atoms with Gasteiger partial charge in [-0.2, -0.15) is 0 Å². The van der Waals surface area contributed by atoms with Crippen molar-refractivity contribution in [3.8, 4) is 17.0 Å². The second-order valence-corrected chi connectivity index (χ2v) is 6.09. The summed E-state index contributed by atoms with van der Waals surface area (Å²) in [5.74, 6) is 0.388. The minimum absolute atomic E-state index is 0. The third-order valence-corrected chi connectivity index (χ3v) is 4.03. The summed E-state index contributed by atoms with van der Waals surface area (Å²) in [4.78, 5) is 16.5. The first-order valence-corrected chi connectivity index (χ1v) is 8.83. The molecule has 3 aromatic rings. The minimum Gasteiger partial charge on any atom is -0.494 e. The van der Waals surface area contributed by atoms with Crippen molar-refractivity contribution in [1.29, 1.82) is 0 Å². The van der Waals surface area contributed by atoms with E-state index < -0.39 is 0 Å². The van der Waals surface area contributed by atoms with Crippen LogP contribution in [-0.4, -0.2) is 17.5 Å². The lowest BCUT2D eigenvalue weighted by atomic mass is 10.1. The molecule has 2 aromatic carbocycles. The molecule has 0 radical (unpaired) electrons. The molecule has 0 spiro atoms. The van der Waals surface area contributed by atoms with Crippen molar-refractivity contribution < 1.29 is 13.9 Å². The number of benzene rings is 2. The van der Waals surface area contributed by atoms with Crippen LogP contribution in [0, 0.1) is 5.82 Å². The van der Waals surface area contributed by atoms with E-state index in [-0.39, 0.29) is 30.6 Å². The van der Waals surface area contributed by atoms with Gasteiger partial charge in [-0.15, -0.1) is 12.4 Å². The van der Waals surface area contributed by atoms with Crippen LogP contribution in [-0.2, 0) is 17.8 Å². The van der Waals surface area contributed by atoms with Crippen LogP contribution in [0.15, 0.2) is 66.9 Å². The van der Waals surface area contributed by atoms with Gasteiger partial charge >= 0.3 is 0 Å². The summed E-state index contributed by atoms with van der Waals surface area (Å²) >= 11 is 0. The van der Waals surface area contributed by atoms with Crippen LogP contribution in [0.25, 0.3) is 11.3 Å². The molecule has 0 bridgehead atoms. The van der Waals surface area contributed by atoms with Crippen molar-refractivity contribution in [2.45, 2.75) is 19.9 Å². The van der Waals surface area contributed by atoms with Crippen LogP contribution in [0.1, 0.15) is 18.1 Å². The van der Waals surface area contributed by atoms with E-state index in [0.717, 1.165) is 28.1 Å². The maximum Gasteiger partial charge on any atom is 0.224 e. The molecule has 0 saturated carbocycles. The number of nitrogens with zero attached hydrogens (tertiary/aromatic N) is 1. The zero-order valence-corrected chi connectivity index (χ0v) is 16.3. The lowest BCUT2D eigenvalue weighted by Crippen LogP contribution is -2.24. The van der Waals surface area contributed by atoms with Crippen LogP contribution < -0.4 is 10.1 Å². The molecule has 3 rings (SSSR count). The molecule has 4 nitrogen and oxygen atoms in total. The van der Waals surface area contributed by atoms with Crippen LogP contribution in [0.4, 0.5) is 4.39 Å². The van der Waals surface area contributed by atoms with E-state index in [1.807, 2.05) is 43.3 Å². The van der Waals surface area contributed by atoms with Crippen molar-refractivity contribution in [3.05, 3.63) is 83.8 Å². The normalized spacial score (nSPS) is 10.1. The smallest absolute Gasteiger partial charge is 0.224 e. The minimum atomic E-state index is -0.309. The molecule has 0 unspecified atom stereocenters. The summed E-state index contributed by atoms with van der Waals surface area (Å²) in [5.41, 5.74) is 3.37. The SMILES string of the molecule is CCOc1ccc(-c2ccc(CC(=O)NCc3cccc(F)c3)cn2)cc1.Cl. The van der Waals surface area contributed by atoms with Crippen molar-refractivity contribution in [3.63, 3.8) is 0 Å². The highest BCUT2D eigenvalue weighted by Gasteiger charge is 2.06. The second-order valence-electron chi connectivity index (χ2n) is 6.09. The summed E-state index contributed by atoms with van der Waals surface area (Å²) in [6.07, 6.45) is 1.93. The summed E-state index contributed by atoms with van der Waals surface area (Å²) in [6, 6.07) is 17.7. The number of amides is 1. The van der Waals surface area contributed by atoms with E-state index in [1.165, 1.54) is 12.1 Å². The molecule has 1 heterocycles.